The predicted molar refractivity (Wildman–Crippen MR) is 137 cm³/mol. The third-order valence-electron chi connectivity index (χ3n) is 5.40. The highest BCUT2D eigenvalue weighted by Crippen LogP contribution is 2.35. The standard InChI is InChI=1S/C28H21FN2O2S/c1-18-9-12-22(13-10-18)30-28-31-27(32)26(34-28)16-24-23-8-3-2-6-20(23)11-14-25(24)33-17-19-5-4-7-21(29)15-19/h2-16H,17H2,1H3,(H,30,31,32)/b26-16-. The van der Waals surface area contributed by atoms with E-state index in [-0.39, 0.29) is 18.3 Å². The predicted octanol–water partition coefficient (Wildman–Crippen LogP) is 6.76. The van der Waals surface area contributed by atoms with Crippen molar-refractivity contribution >= 4 is 45.4 Å². The number of hydrogen-bond donors (Lipinski definition) is 1. The van der Waals surface area contributed by atoms with Crippen LogP contribution in [0, 0.1) is 12.7 Å². The number of halogens is 1. The molecule has 0 radical (unpaired) electrons. The van der Waals surface area contributed by atoms with E-state index >= 15 is 0 Å². The fourth-order valence-electron chi connectivity index (χ4n) is 3.69. The van der Waals surface area contributed by atoms with Gasteiger partial charge in [0.25, 0.3) is 5.91 Å². The lowest BCUT2D eigenvalue weighted by molar-refractivity contribution is -0.115. The summed E-state index contributed by atoms with van der Waals surface area (Å²) in [4.78, 5) is 17.8. The summed E-state index contributed by atoms with van der Waals surface area (Å²) in [5.41, 5.74) is 3.45. The second kappa shape index (κ2) is 9.53. The molecule has 0 bridgehead atoms. The second-order valence-electron chi connectivity index (χ2n) is 7.93. The van der Waals surface area contributed by atoms with Gasteiger partial charge in [-0.25, -0.2) is 9.38 Å². The van der Waals surface area contributed by atoms with Crippen LogP contribution >= 0.6 is 11.8 Å². The van der Waals surface area contributed by atoms with Crippen molar-refractivity contribution in [3.05, 3.63) is 112 Å². The maximum absolute atomic E-state index is 13.6. The fourth-order valence-corrected chi connectivity index (χ4v) is 4.51. The van der Waals surface area contributed by atoms with Crippen molar-refractivity contribution in [2.24, 2.45) is 4.99 Å². The summed E-state index contributed by atoms with van der Waals surface area (Å²) >= 11 is 1.29. The molecule has 4 nitrogen and oxygen atoms in total. The summed E-state index contributed by atoms with van der Waals surface area (Å²) in [5.74, 6) is 0.106. The number of nitrogens with zero attached hydrogens (tertiary/aromatic N) is 1. The van der Waals surface area contributed by atoms with Crippen LogP contribution in [0.4, 0.5) is 10.1 Å². The number of amidine groups is 1. The highest BCUT2D eigenvalue weighted by atomic mass is 32.2. The minimum absolute atomic E-state index is 0.208. The van der Waals surface area contributed by atoms with Crippen molar-refractivity contribution in [3.8, 4) is 5.75 Å². The first kappa shape index (κ1) is 21.9. The van der Waals surface area contributed by atoms with Crippen LogP contribution in [0.5, 0.6) is 5.75 Å². The summed E-state index contributed by atoms with van der Waals surface area (Å²) in [5, 5.41) is 5.37. The first-order chi connectivity index (χ1) is 16.5. The Morgan fingerprint density at radius 3 is 2.65 bits per heavy atom. The number of amides is 1. The van der Waals surface area contributed by atoms with Crippen molar-refractivity contribution in [2.75, 3.05) is 0 Å². The fraction of sp³-hybridized carbons (Fsp3) is 0.0714. The van der Waals surface area contributed by atoms with Gasteiger partial charge in [-0.3, -0.25) is 4.79 Å². The number of carbonyl (C=O) groups is 1. The molecule has 34 heavy (non-hydrogen) atoms. The molecule has 4 aromatic carbocycles. The van der Waals surface area contributed by atoms with Gasteiger partial charge in [0.2, 0.25) is 0 Å². The number of thioether (sulfide) groups is 1. The number of ether oxygens (including phenoxy) is 1. The monoisotopic (exact) mass is 468 g/mol. The molecular weight excluding hydrogens is 447 g/mol. The van der Waals surface area contributed by atoms with Crippen LogP contribution in [0.2, 0.25) is 0 Å². The van der Waals surface area contributed by atoms with Gasteiger partial charge in [-0.05, 0) is 71.4 Å². The van der Waals surface area contributed by atoms with E-state index < -0.39 is 0 Å². The highest BCUT2D eigenvalue weighted by Gasteiger charge is 2.25. The topological polar surface area (TPSA) is 50.7 Å². The zero-order valence-corrected chi connectivity index (χ0v) is 19.2. The molecule has 1 saturated heterocycles. The Balaban J connectivity index is 1.48. The Morgan fingerprint density at radius 1 is 1.00 bits per heavy atom. The van der Waals surface area contributed by atoms with Gasteiger partial charge >= 0.3 is 0 Å². The van der Waals surface area contributed by atoms with Gasteiger partial charge in [-0.2, -0.15) is 0 Å². The van der Waals surface area contributed by atoms with Crippen molar-refractivity contribution in [1.82, 2.24) is 5.32 Å². The van der Waals surface area contributed by atoms with Gasteiger partial charge in [0.05, 0.1) is 10.6 Å². The molecule has 1 fully saturated rings. The molecule has 1 heterocycles. The molecule has 1 amide bonds. The second-order valence-corrected chi connectivity index (χ2v) is 8.97. The lowest BCUT2D eigenvalue weighted by atomic mass is 10.0. The molecule has 4 aromatic rings. The number of carbonyl (C=O) groups excluding carboxylic acids is 1. The highest BCUT2D eigenvalue weighted by molar-refractivity contribution is 8.18. The summed E-state index contributed by atoms with van der Waals surface area (Å²) in [6.07, 6.45) is 1.83. The zero-order chi connectivity index (χ0) is 23.5. The van der Waals surface area contributed by atoms with Crippen LogP contribution in [-0.4, -0.2) is 11.1 Å². The smallest absolute Gasteiger partial charge is 0.264 e. The summed E-state index contributed by atoms with van der Waals surface area (Å²) in [7, 11) is 0. The third kappa shape index (κ3) is 4.87. The van der Waals surface area contributed by atoms with Crippen molar-refractivity contribution in [1.29, 1.82) is 0 Å². The van der Waals surface area contributed by atoms with Gasteiger partial charge in [0.1, 0.15) is 18.2 Å². The van der Waals surface area contributed by atoms with Gasteiger partial charge in [0.15, 0.2) is 5.17 Å². The molecule has 168 valence electrons. The molecule has 0 atom stereocenters. The first-order valence-electron chi connectivity index (χ1n) is 10.8. The maximum Gasteiger partial charge on any atom is 0.264 e. The number of aryl methyl sites for hydroxylation is 1. The van der Waals surface area contributed by atoms with E-state index in [1.54, 1.807) is 6.07 Å². The lowest BCUT2D eigenvalue weighted by Crippen LogP contribution is -2.19. The van der Waals surface area contributed by atoms with Crippen LogP contribution in [0.25, 0.3) is 16.8 Å². The molecule has 5 rings (SSSR count). The molecule has 0 spiro atoms. The Morgan fingerprint density at radius 2 is 1.82 bits per heavy atom. The van der Waals surface area contributed by atoms with E-state index in [1.165, 1.54) is 23.9 Å². The first-order valence-corrected chi connectivity index (χ1v) is 11.6. The number of rotatable bonds is 5. The van der Waals surface area contributed by atoms with Crippen LogP contribution in [0.1, 0.15) is 16.7 Å². The Bertz CT molecular complexity index is 1440. The molecule has 0 aliphatic carbocycles. The average molecular weight is 469 g/mol. The normalized spacial score (nSPS) is 15.8. The van der Waals surface area contributed by atoms with E-state index in [0.29, 0.717) is 15.8 Å². The van der Waals surface area contributed by atoms with Crippen molar-refractivity contribution in [2.45, 2.75) is 13.5 Å². The maximum atomic E-state index is 13.6. The molecule has 1 aliphatic rings. The van der Waals surface area contributed by atoms with E-state index in [9.17, 15) is 9.18 Å². The Kier molecular flexibility index (Phi) is 6.14. The minimum Gasteiger partial charge on any atom is -0.488 e. The minimum atomic E-state index is -0.304. The summed E-state index contributed by atoms with van der Waals surface area (Å²) in [6.45, 7) is 2.23. The third-order valence-corrected chi connectivity index (χ3v) is 6.31. The number of fused-ring (bicyclic) bond motifs is 1. The van der Waals surface area contributed by atoms with Gasteiger partial charge in [-0.1, -0.05) is 60.2 Å². The van der Waals surface area contributed by atoms with E-state index in [0.717, 1.165) is 33.2 Å². The lowest BCUT2D eigenvalue weighted by Gasteiger charge is -2.13. The van der Waals surface area contributed by atoms with Gasteiger partial charge in [-0.15, -0.1) is 0 Å². The molecule has 6 heteroatoms. The van der Waals surface area contributed by atoms with E-state index in [2.05, 4.69) is 10.3 Å². The Labute approximate surface area is 201 Å². The van der Waals surface area contributed by atoms with Gasteiger partial charge < -0.3 is 10.1 Å². The molecular formula is C28H21FN2O2S. The number of hydrogen-bond acceptors (Lipinski definition) is 4. The van der Waals surface area contributed by atoms with Gasteiger partial charge in [0, 0.05) is 5.56 Å². The molecule has 0 aromatic heterocycles. The van der Waals surface area contributed by atoms with E-state index in [4.69, 9.17) is 4.74 Å². The SMILES string of the molecule is Cc1ccc(N=C2NC(=O)/C(=C/c3c(OCc4cccc(F)c4)ccc4ccccc34)S2)cc1. The van der Waals surface area contributed by atoms with Crippen LogP contribution in [0.15, 0.2) is 94.8 Å². The van der Waals surface area contributed by atoms with Crippen LogP contribution in [-0.2, 0) is 11.4 Å². The largest absolute Gasteiger partial charge is 0.488 e. The number of aliphatic imine (C=N–C) groups is 1. The number of benzene rings is 4. The zero-order valence-electron chi connectivity index (χ0n) is 18.4. The molecule has 1 N–H and O–H groups in total. The Hall–Kier alpha value is -3.90. The quantitative estimate of drug-likeness (QED) is 0.329. The molecule has 0 saturated carbocycles. The summed E-state index contributed by atoms with van der Waals surface area (Å²) < 4.78 is 19.7. The van der Waals surface area contributed by atoms with Crippen LogP contribution < -0.4 is 10.1 Å². The number of nitrogens with one attached hydrogen (secondary N) is 1. The molecule has 1 aliphatic heterocycles. The van der Waals surface area contributed by atoms with Crippen molar-refractivity contribution in [3.63, 3.8) is 0 Å². The molecule has 0 unspecified atom stereocenters. The summed E-state index contributed by atoms with van der Waals surface area (Å²) in [6, 6.07) is 25.9. The van der Waals surface area contributed by atoms with Crippen molar-refractivity contribution < 1.29 is 13.9 Å². The van der Waals surface area contributed by atoms with E-state index in [1.807, 2.05) is 79.7 Å². The van der Waals surface area contributed by atoms with Crippen LogP contribution in [0.3, 0.4) is 0 Å². The average Bonchev–Trinajstić information content (AvgIpc) is 3.18.